The number of ether oxygens (including phenoxy) is 1. The molecule has 0 radical (unpaired) electrons. The second-order valence-electron chi connectivity index (χ2n) is 2.89. The quantitative estimate of drug-likeness (QED) is 0.375. The minimum absolute atomic E-state index is 0.0286. The van der Waals surface area contributed by atoms with E-state index in [1.165, 1.54) is 14.0 Å². The summed E-state index contributed by atoms with van der Waals surface area (Å²) in [5, 5.41) is 0. The van der Waals surface area contributed by atoms with Gasteiger partial charge in [-0.25, -0.2) is 0 Å². The highest BCUT2D eigenvalue weighted by atomic mass is 16.5. The number of methoxy groups -OCH3 is 1. The molecular formula is C11H12O3. The molecule has 0 aromatic heterocycles. The smallest absolute Gasteiger partial charge is 0.321 e. The van der Waals surface area contributed by atoms with E-state index in [4.69, 9.17) is 12.8 Å². The number of ketones is 1. The van der Waals surface area contributed by atoms with Gasteiger partial charge in [0.25, 0.3) is 0 Å². The number of hydrogen-bond donors (Lipinski definition) is 0. The van der Waals surface area contributed by atoms with E-state index in [1.807, 2.05) is 0 Å². The SMILES string of the molecule is C#CCC(CC#C)(C(C)=O)C(=O)OC. The van der Waals surface area contributed by atoms with Crippen molar-refractivity contribution < 1.29 is 14.3 Å². The molecule has 0 saturated heterocycles. The summed E-state index contributed by atoms with van der Waals surface area (Å²) < 4.78 is 4.53. The first-order valence-corrected chi connectivity index (χ1v) is 4.01. The first-order valence-electron chi connectivity index (χ1n) is 4.01. The fourth-order valence-electron chi connectivity index (χ4n) is 1.14. The van der Waals surface area contributed by atoms with Crippen molar-refractivity contribution in [3.05, 3.63) is 0 Å². The maximum atomic E-state index is 11.4. The summed E-state index contributed by atoms with van der Waals surface area (Å²) in [5.74, 6) is 3.52. The van der Waals surface area contributed by atoms with Crippen molar-refractivity contribution in [3.63, 3.8) is 0 Å². The van der Waals surface area contributed by atoms with E-state index in [1.54, 1.807) is 0 Å². The number of rotatable bonds is 4. The van der Waals surface area contributed by atoms with Gasteiger partial charge in [0.05, 0.1) is 7.11 Å². The number of esters is 1. The highest BCUT2D eigenvalue weighted by Gasteiger charge is 2.43. The Hall–Kier alpha value is -1.74. The van der Waals surface area contributed by atoms with Gasteiger partial charge in [-0.2, -0.15) is 0 Å². The molecule has 0 atom stereocenters. The fraction of sp³-hybridized carbons (Fsp3) is 0.455. The molecule has 0 amide bonds. The monoisotopic (exact) mass is 192 g/mol. The maximum Gasteiger partial charge on any atom is 0.321 e. The molecule has 14 heavy (non-hydrogen) atoms. The van der Waals surface area contributed by atoms with Crippen LogP contribution >= 0.6 is 0 Å². The van der Waals surface area contributed by atoms with E-state index in [-0.39, 0.29) is 18.6 Å². The Balaban J connectivity index is 5.18. The number of terminal acetylenes is 2. The van der Waals surface area contributed by atoms with Gasteiger partial charge in [-0.05, 0) is 6.92 Å². The Morgan fingerprint density at radius 3 is 1.93 bits per heavy atom. The Bertz CT molecular complexity index is 298. The van der Waals surface area contributed by atoms with E-state index in [2.05, 4.69) is 16.6 Å². The lowest BCUT2D eigenvalue weighted by molar-refractivity contribution is -0.156. The van der Waals surface area contributed by atoms with Gasteiger partial charge in [-0.3, -0.25) is 9.59 Å². The molecule has 0 fully saturated rings. The molecule has 0 N–H and O–H groups in total. The second kappa shape index (κ2) is 5.09. The molecule has 0 aromatic rings. The third-order valence-corrected chi connectivity index (χ3v) is 2.06. The molecule has 0 aliphatic rings. The number of Topliss-reactive ketones (excluding diaryl/α,β-unsaturated/α-hetero) is 1. The van der Waals surface area contributed by atoms with Crippen LogP contribution in [0.15, 0.2) is 0 Å². The molecule has 0 rings (SSSR count). The molecule has 0 heterocycles. The standard InChI is InChI=1S/C11H12O3/c1-5-7-11(8-6-2,9(3)12)10(13)14-4/h1-2H,7-8H2,3-4H3. The predicted molar refractivity (Wildman–Crippen MR) is 52.0 cm³/mol. The first-order chi connectivity index (χ1) is 6.55. The Morgan fingerprint density at radius 2 is 1.71 bits per heavy atom. The molecule has 0 aliphatic carbocycles. The molecule has 3 heteroatoms. The zero-order chi connectivity index (χ0) is 11.2. The van der Waals surface area contributed by atoms with E-state index in [0.717, 1.165) is 0 Å². The van der Waals surface area contributed by atoms with Gasteiger partial charge in [0.1, 0.15) is 11.2 Å². The van der Waals surface area contributed by atoms with Crippen LogP contribution in [0.2, 0.25) is 0 Å². The number of carbonyl (C=O) groups is 2. The lowest BCUT2D eigenvalue weighted by atomic mass is 9.78. The van der Waals surface area contributed by atoms with E-state index in [0.29, 0.717) is 0 Å². The van der Waals surface area contributed by atoms with Crippen LogP contribution in [0, 0.1) is 30.1 Å². The maximum absolute atomic E-state index is 11.4. The third kappa shape index (κ3) is 2.14. The van der Waals surface area contributed by atoms with Crippen LogP contribution in [0.25, 0.3) is 0 Å². The van der Waals surface area contributed by atoms with Crippen molar-refractivity contribution in [2.75, 3.05) is 7.11 Å². The van der Waals surface area contributed by atoms with E-state index < -0.39 is 11.4 Å². The molecule has 3 nitrogen and oxygen atoms in total. The lowest BCUT2D eigenvalue weighted by Crippen LogP contribution is -2.38. The zero-order valence-corrected chi connectivity index (χ0v) is 8.29. The van der Waals surface area contributed by atoms with Crippen LogP contribution in [-0.2, 0) is 14.3 Å². The van der Waals surface area contributed by atoms with Crippen LogP contribution in [0.3, 0.4) is 0 Å². The van der Waals surface area contributed by atoms with Gasteiger partial charge in [0.2, 0.25) is 0 Å². The Labute approximate surface area is 83.8 Å². The van der Waals surface area contributed by atoms with E-state index >= 15 is 0 Å². The third-order valence-electron chi connectivity index (χ3n) is 2.06. The summed E-state index contributed by atoms with van der Waals surface area (Å²) in [6, 6.07) is 0. The highest BCUT2D eigenvalue weighted by molar-refractivity contribution is 6.03. The average molecular weight is 192 g/mol. The lowest BCUT2D eigenvalue weighted by Gasteiger charge is -2.23. The van der Waals surface area contributed by atoms with Crippen molar-refractivity contribution in [1.29, 1.82) is 0 Å². The molecule has 0 saturated carbocycles. The summed E-state index contributed by atoms with van der Waals surface area (Å²) in [5.41, 5.74) is -1.36. The fourth-order valence-corrected chi connectivity index (χ4v) is 1.14. The normalized spacial score (nSPS) is 9.71. The molecule has 0 spiro atoms. The average Bonchev–Trinajstić information content (AvgIpc) is 2.15. The van der Waals surface area contributed by atoms with Crippen LogP contribution < -0.4 is 0 Å². The van der Waals surface area contributed by atoms with Crippen molar-refractivity contribution in [2.45, 2.75) is 19.8 Å². The first kappa shape index (κ1) is 12.3. The molecule has 0 unspecified atom stereocenters. The minimum atomic E-state index is -1.36. The summed E-state index contributed by atoms with van der Waals surface area (Å²) in [6.45, 7) is 1.28. The van der Waals surface area contributed by atoms with Crippen LogP contribution in [-0.4, -0.2) is 18.9 Å². The predicted octanol–water partition coefficient (Wildman–Crippen LogP) is 0.781. The molecule has 0 aromatic carbocycles. The van der Waals surface area contributed by atoms with Crippen LogP contribution in [0.1, 0.15) is 19.8 Å². The topological polar surface area (TPSA) is 43.4 Å². The summed E-state index contributed by atoms with van der Waals surface area (Å²) in [7, 11) is 1.20. The Morgan fingerprint density at radius 1 is 1.29 bits per heavy atom. The Kier molecular flexibility index (Phi) is 4.46. The van der Waals surface area contributed by atoms with E-state index in [9.17, 15) is 9.59 Å². The zero-order valence-electron chi connectivity index (χ0n) is 8.29. The molecular weight excluding hydrogens is 180 g/mol. The van der Waals surface area contributed by atoms with Gasteiger partial charge in [0, 0.05) is 12.8 Å². The number of hydrogen-bond acceptors (Lipinski definition) is 3. The van der Waals surface area contributed by atoms with Crippen molar-refractivity contribution >= 4 is 11.8 Å². The largest absolute Gasteiger partial charge is 0.468 e. The van der Waals surface area contributed by atoms with Gasteiger partial charge in [0.15, 0.2) is 0 Å². The molecule has 74 valence electrons. The minimum Gasteiger partial charge on any atom is -0.468 e. The van der Waals surface area contributed by atoms with Gasteiger partial charge >= 0.3 is 5.97 Å². The van der Waals surface area contributed by atoms with Gasteiger partial charge in [-0.15, -0.1) is 24.7 Å². The number of carbonyl (C=O) groups excluding carboxylic acids is 2. The molecule has 0 bridgehead atoms. The molecule has 0 aliphatic heterocycles. The van der Waals surface area contributed by atoms with Crippen molar-refractivity contribution in [2.24, 2.45) is 5.41 Å². The summed E-state index contributed by atoms with van der Waals surface area (Å²) >= 11 is 0. The van der Waals surface area contributed by atoms with Crippen molar-refractivity contribution in [3.8, 4) is 24.7 Å². The van der Waals surface area contributed by atoms with Crippen LogP contribution in [0.4, 0.5) is 0 Å². The second-order valence-corrected chi connectivity index (χ2v) is 2.89. The van der Waals surface area contributed by atoms with Crippen molar-refractivity contribution in [1.82, 2.24) is 0 Å². The van der Waals surface area contributed by atoms with Gasteiger partial charge < -0.3 is 4.74 Å². The highest BCUT2D eigenvalue weighted by Crippen LogP contribution is 2.28. The summed E-state index contributed by atoms with van der Waals surface area (Å²) in [4.78, 5) is 22.8. The summed E-state index contributed by atoms with van der Waals surface area (Å²) in [6.07, 6.45) is 10.1. The van der Waals surface area contributed by atoms with Gasteiger partial charge in [-0.1, -0.05) is 0 Å². The van der Waals surface area contributed by atoms with Crippen LogP contribution in [0.5, 0.6) is 0 Å².